The third-order valence-corrected chi connectivity index (χ3v) is 8.15. The lowest BCUT2D eigenvalue weighted by Gasteiger charge is -2.23. The van der Waals surface area contributed by atoms with E-state index in [-0.39, 0.29) is 5.41 Å². The van der Waals surface area contributed by atoms with E-state index in [0.717, 1.165) is 16.7 Å². The summed E-state index contributed by atoms with van der Waals surface area (Å²) in [6.07, 6.45) is 0. The maximum absolute atomic E-state index is 5.09. The molecule has 0 saturated heterocycles. The monoisotopic (exact) mass is 460 g/mol. The molecule has 0 bridgehead atoms. The van der Waals surface area contributed by atoms with Gasteiger partial charge in [-0.05, 0) is 63.4 Å². The van der Waals surface area contributed by atoms with E-state index in [0.29, 0.717) is 0 Å². The first-order chi connectivity index (χ1) is 17.6. The molecule has 0 saturated carbocycles. The Kier molecular flexibility index (Phi) is 3.76. The summed E-state index contributed by atoms with van der Waals surface area (Å²) in [5.74, 6) is 0.957. The Bertz CT molecular complexity index is 2020. The Labute approximate surface area is 209 Å². The quantitative estimate of drug-likeness (QED) is 0.239. The van der Waals surface area contributed by atoms with Gasteiger partial charge in [0.15, 0.2) is 0 Å². The highest BCUT2D eigenvalue weighted by molar-refractivity contribution is 6.16. The summed E-state index contributed by atoms with van der Waals surface area (Å²) in [4.78, 5) is 5.09. The predicted octanol–water partition coefficient (Wildman–Crippen LogP) is 8.79. The minimum atomic E-state index is -0.111. The first-order valence-electron chi connectivity index (χ1n) is 12.6. The Morgan fingerprint density at radius 1 is 0.611 bits per heavy atom. The van der Waals surface area contributed by atoms with E-state index >= 15 is 0 Å². The molecule has 170 valence electrons. The molecule has 1 aliphatic carbocycles. The summed E-state index contributed by atoms with van der Waals surface area (Å²) in [6, 6.07) is 39.5. The van der Waals surface area contributed by atoms with Gasteiger partial charge in [0.2, 0.25) is 0 Å². The van der Waals surface area contributed by atoms with Crippen molar-refractivity contribution >= 4 is 43.5 Å². The Hall–Kier alpha value is -4.43. The van der Waals surface area contributed by atoms with Crippen molar-refractivity contribution in [3.05, 3.63) is 120 Å². The number of fused-ring (bicyclic) bond motifs is 10. The first kappa shape index (κ1) is 19.8. The molecule has 0 fully saturated rings. The first-order valence-corrected chi connectivity index (χ1v) is 12.6. The van der Waals surface area contributed by atoms with E-state index in [2.05, 4.69) is 128 Å². The molecule has 0 atom stereocenters. The highest BCUT2D eigenvalue weighted by Gasteiger charge is 2.39. The molecule has 0 unspecified atom stereocenters. The third-order valence-electron chi connectivity index (χ3n) is 8.15. The molecule has 36 heavy (non-hydrogen) atoms. The van der Waals surface area contributed by atoms with Crippen LogP contribution in [-0.4, -0.2) is 9.55 Å². The summed E-state index contributed by atoms with van der Waals surface area (Å²) in [6.45, 7) is 4.76. The molecule has 0 N–H and O–H groups in total. The van der Waals surface area contributed by atoms with Gasteiger partial charge in [-0.2, -0.15) is 0 Å². The van der Waals surface area contributed by atoms with E-state index in [9.17, 15) is 0 Å². The van der Waals surface area contributed by atoms with Crippen LogP contribution in [0, 0.1) is 0 Å². The summed E-state index contributed by atoms with van der Waals surface area (Å²) in [5.41, 5.74) is 8.88. The zero-order valence-electron chi connectivity index (χ0n) is 20.3. The summed E-state index contributed by atoms with van der Waals surface area (Å²) >= 11 is 0. The molecule has 0 amide bonds. The topological polar surface area (TPSA) is 17.8 Å². The molecule has 5 aromatic carbocycles. The molecule has 2 heterocycles. The van der Waals surface area contributed by atoms with Gasteiger partial charge >= 0.3 is 0 Å². The van der Waals surface area contributed by atoms with Crippen LogP contribution in [0.3, 0.4) is 0 Å². The normalized spacial score (nSPS) is 14.1. The van der Waals surface area contributed by atoms with Crippen LogP contribution in [0.5, 0.6) is 0 Å². The zero-order valence-corrected chi connectivity index (χ0v) is 20.3. The summed E-state index contributed by atoms with van der Waals surface area (Å²) < 4.78 is 2.34. The van der Waals surface area contributed by atoms with Crippen LogP contribution in [0.15, 0.2) is 109 Å². The lowest BCUT2D eigenvalue weighted by Crippen LogP contribution is -2.15. The van der Waals surface area contributed by atoms with Gasteiger partial charge in [0.25, 0.3) is 0 Å². The van der Waals surface area contributed by atoms with Crippen molar-refractivity contribution in [1.82, 2.24) is 9.55 Å². The largest absolute Gasteiger partial charge is 0.294 e. The van der Waals surface area contributed by atoms with Crippen molar-refractivity contribution in [2.75, 3.05) is 0 Å². The second-order valence-electron chi connectivity index (χ2n) is 10.4. The minimum absolute atomic E-state index is 0.111. The standard InChI is InChI=1S/C34H24N2/c1-34(2)26-18-15-21-9-3-5-11-23(21)31(26)25-17-19-29-32(33(25)34)24-12-6-8-14-28(24)36(29)30-20-16-22-10-4-7-13-27(22)35-30/h3-20H,1-2H3. The maximum atomic E-state index is 5.09. The Balaban J connectivity index is 1.52. The van der Waals surface area contributed by atoms with Gasteiger partial charge in [0, 0.05) is 21.6 Å². The third kappa shape index (κ3) is 2.43. The molecular weight excluding hydrogens is 436 g/mol. The number of hydrogen-bond acceptors (Lipinski definition) is 1. The Morgan fingerprint density at radius 2 is 1.33 bits per heavy atom. The zero-order chi connectivity index (χ0) is 24.0. The van der Waals surface area contributed by atoms with Crippen LogP contribution in [0.25, 0.3) is 60.4 Å². The molecule has 0 aliphatic heterocycles. The molecule has 0 spiro atoms. The molecule has 0 radical (unpaired) electrons. The van der Waals surface area contributed by atoms with Crippen molar-refractivity contribution < 1.29 is 0 Å². The second-order valence-corrected chi connectivity index (χ2v) is 10.4. The van der Waals surface area contributed by atoms with Gasteiger partial charge < -0.3 is 0 Å². The van der Waals surface area contributed by atoms with Crippen molar-refractivity contribution in [2.24, 2.45) is 0 Å². The average Bonchev–Trinajstić information content (AvgIpc) is 3.37. The minimum Gasteiger partial charge on any atom is -0.294 e. The molecule has 7 aromatic rings. The highest BCUT2D eigenvalue weighted by Crippen LogP contribution is 2.55. The SMILES string of the molecule is CC1(C)c2ccc3ccccc3c2-c2ccc3c(c21)c1ccccc1n3-c1ccc2ccccc2n1. The van der Waals surface area contributed by atoms with Crippen molar-refractivity contribution in [3.8, 4) is 16.9 Å². The smallest absolute Gasteiger partial charge is 0.138 e. The lowest BCUT2D eigenvalue weighted by molar-refractivity contribution is 0.667. The summed E-state index contributed by atoms with van der Waals surface area (Å²) in [5, 5.41) is 6.41. The van der Waals surface area contributed by atoms with Crippen LogP contribution in [-0.2, 0) is 5.41 Å². The van der Waals surface area contributed by atoms with Gasteiger partial charge in [-0.1, -0.05) is 92.7 Å². The fraction of sp³-hybridized carbons (Fsp3) is 0.0882. The maximum Gasteiger partial charge on any atom is 0.138 e. The molecule has 2 heteroatoms. The average molecular weight is 461 g/mol. The molecule has 2 nitrogen and oxygen atoms in total. The van der Waals surface area contributed by atoms with Gasteiger partial charge in [0.1, 0.15) is 5.82 Å². The van der Waals surface area contributed by atoms with Crippen LogP contribution >= 0.6 is 0 Å². The molecular formula is C34H24N2. The van der Waals surface area contributed by atoms with Gasteiger partial charge in [0.05, 0.1) is 16.6 Å². The van der Waals surface area contributed by atoms with E-state index in [4.69, 9.17) is 4.98 Å². The van der Waals surface area contributed by atoms with Crippen LogP contribution in [0.4, 0.5) is 0 Å². The van der Waals surface area contributed by atoms with Crippen LogP contribution in [0.2, 0.25) is 0 Å². The lowest BCUT2D eigenvalue weighted by atomic mass is 9.80. The van der Waals surface area contributed by atoms with Crippen molar-refractivity contribution in [3.63, 3.8) is 0 Å². The number of pyridine rings is 1. The number of hydrogen-bond donors (Lipinski definition) is 0. The van der Waals surface area contributed by atoms with Gasteiger partial charge in [-0.15, -0.1) is 0 Å². The Morgan fingerprint density at radius 3 is 2.22 bits per heavy atom. The number of rotatable bonds is 1. The highest BCUT2D eigenvalue weighted by atomic mass is 15.1. The van der Waals surface area contributed by atoms with Crippen LogP contribution in [0.1, 0.15) is 25.0 Å². The van der Waals surface area contributed by atoms with E-state index in [1.165, 1.54) is 54.8 Å². The van der Waals surface area contributed by atoms with Gasteiger partial charge in [-0.3, -0.25) is 4.57 Å². The number of aromatic nitrogens is 2. The predicted molar refractivity (Wildman–Crippen MR) is 151 cm³/mol. The molecule has 2 aromatic heterocycles. The number of para-hydroxylation sites is 2. The van der Waals surface area contributed by atoms with Crippen molar-refractivity contribution in [2.45, 2.75) is 19.3 Å². The van der Waals surface area contributed by atoms with E-state index in [1.807, 2.05) is 0 Å². The summed E-state index contributed by atoms with van der Waals surface area (Å²) in [7, 11) is 0. The number of benzene rings is 5. The number of nitrogens with zero attached hydrogens (tertiary/aromatic N) is 2. The van der Waals surface area contributed by atoms with E-state index in [1.54, 1.807) is 0 Å². The molecule has 1 aliphatic rings. The van der Waals surface area contributed by atoms with Crippen LogP contribution < -0.4 is 0 Å². The van der Waals surface area contributed by atoms with Crippen molar-refractivity contribution in [1.29, 1.82) is 0 Å². The fourth-order valence-corrected chi connectivity index (χ4v) is 6.56. The second kappa shape index (κ2) is 6.83. The van der Waals surface area contributed by atoms with Gasteiger partial charge in [-0.25, -0.2) is 4.98 Å². The van der Waals surface area contributed by atoms with E-state index < -0.39 is 0 Å². The fourth-order valence-electron chi connectivity index (χ4n) is 6.56. The molecule has 8 rings (SSSR count).